The van der Waals surface area contributed by atoms with Crippen LogP contribution in [0, 0.1) is 12.7 Å². The molecule has 3 N–H and O–H groups in total. The normalized spacial score (nSPS) is 11.6. The molecule has 1 heterocycles. The van der Waals surface area contributed by atoms with Gasteiger partial charge in [-0.15, -0.1) is 13.2 Å². The number of nitrogens with one attached hydrogen (secondary N) is 1. The second-order valence-electron chi connectivity index (χ2n) is 7.27. The molecule has 0 bridgehead atoms. The molecule has 0 saturated heterocycles. The highest BCUT2D eigenvalue weighted by Crippen LogP contribution is 2.42. The lowest BCUT2D eigenvalue weighted by Crippen LogP contribution is -2.20. The van der Waals surface area contributed by atoms with E-state index in [1.54, 1.807) is 0 Å². The average molecular weight is 548 g/mol. The van der Waals surface area contributed by atoms with Crippen molar-refractivity contribution in [1.29, 1.82) is 0 Å². The lowest BCUT2D eigenvalue weighted by Gasteiger charge is -2.19. The Bertz CT molecular complexity index is 1380. The van der Waals surface area contributed by atoms with Crippen LogP contribution in [0.25, 0.3) is 0 Å². The fourth-order valence-electron chi connectivity index (χ4n) is 3.17. The number of methoxy groups -OCH3 is 1. The number of anilines is 1. The van der Waals surface area contributed by atoms with E-state index in [-0.39, 0.29) is 11.5 Å². The maximum absolute atomic E-state index is 14.6. The molecule has 0 atom stereocenters. The van der Waals surface area contributed by atoms with Crippen LogP contribution in [0.3, 0.4) is 0 Å². The Morgan fingerprint density at radius 2 is 1.58 bits per heavy atom. The number of benzene rings is 2. The minimum absolute atomic E-state index is 0.255. The molecule has 0 fully saturated rings. The number of halogens is 7. The molecule has 2 amide bonds. The Kier molecular flexibility index (Phi) is 7.64. The number of rotatable bonds is 7. The van der Waals surface area contributed by atoms with Crippen LogP contribution in [-0.4, -0.2) is 35.3 Å². The van der Waals surface area contributed by atoms with Gasteiger partial charge in [0.15, 0.2) is 17.3 Å². The van der Waals surface area contributed by atoms with Gasteiger partial charge in [0.25, 0.3) is 11.8 Å². The SMILES string of the molecule is COc1c(Oc2ccc(C(F)(F)F)c(C)c2C(=O)Nc2cnc(C(N)=O)cn2)ccc(OC(F)(F)F)c1F. The van der Waals surface area contributed by atoms with E-state index < -0.39 is 69.9 Å². The van der Waals surface area contributed by atoms with Crippen molar-refractivity contribution < 1.29 is 54.5 Å². The fourth-order valence-corrected chi connectivity index (χ4v) is 3.17. The molecule has 3 aromatic rings. The summed E-state index contributed by atoms with van der Waals surface area (Å²) in [7, 11) is 0.892. The molecular weight excluding hydrogens is 533 g/mol. The number of carbonyl (C=O) groups excluding carboxylic acids is 2. The first-order valence-corrected chi connectivity index (χ1v) is 10.1. The summed E-state index contributed by atoms with van der Waals surface area (Å²) in [5.41, 5.74) is 2.29. The largest absolute Gasteiger partial charge is 0.573 e. The van der Waals surface area contributed by atoms with Crippen molar-refractivity contribution in [3.63, 3.8) is 0 Å². The average Bonchev–Trinajstić information content (AvgIpc) is 2.80. The molecule has 0 radical (unpaired) electrons. The number of hydrogen-bond donors (Lipinski definition) is 2. The van der Waals surface area contributed by atoms with Gasteiger partial charge in [0.05, 0.1) is 30.6 Å². The van der Waals surface area contributed by atoms with Crippen LogP contribution >= 0.6 is 0 Å². The highest BCUT2D eigenvalue weighted by Gasteiger charge is 2.36. The van der Waals surface area contributed by atoms with Crippen molar-refractivity contribution in [2.75, 3.05) is 12.4 Å². The van der Waals surface area contributed by atoms with Gasteiger partial charge in [-0.2, -0.15) is 17.6 Å². The lowest BCUT2D eigenvalue weighted by molar-refractivity contribution is -0.275. The molecule has 0 saturated carbocycles. The minimum Gasteiger partial charge on any atom is -0.490 e. The topological polar surface area (TPSA) is 126 Å². The number of primary amides is 1. The third-order valence-corrected chi connectivity index (χ3v) is 4.78. The highest BCUT2D eigenvalue weighted by molar-refractivity contribution is 6.07. The molecule has 3 rings (SSSR count). The van der Waals surface area contributed by atoms with Gasteiger partial charge in [0.2, 0.25) is 11.6 Å². The summed E-state index contributed by atoms with van der Waals surface area (Å²) < 4.78 is 107. The van der Waals surface area contributed by atoms with Gasteiger partial charge in [0.1, 0.15) is 11.4 Å². The van der Waals surface area contributed by atoms with Crippen molar-refractivity contribution in [2.24, 2.45) is 5.73 Å². The minimum atomic E-state index is -5.23. The number of ether oxygens (including phenoxy) is 3. The zero-order valence-corrected chi connectivity index (χ0v) is 19.1. The summed E-state index contributed by atoms with van der Waals surface area (Å²) >= 11 is 0. The van der Waals surface area contributed by atoms with E-state index in [2.05, 4.69) is 20.0 Å². The van der Waals surface area contributed by atoms with Crippen molar-refractivity contribution in [3.05, 3.63) is 64.9 Å². The van der Waals surface area contributed by atoms with Crippen molar-refractivity contribution >= 4 is 17.6 Å². The first kappa shape index (κ1) is 27.9. The maximum Gasteiger partial charge on any atom is 0.573 e. The summed E-state index contributed by atoms with van der Waals surface area (Å²) in [6.07, 6.45) is -8.30. The molecule has 0 aliphatic heterocycles. The van der Waals surface area contributed by atoms with Crippen molar-refractivity contribution in [2.45, 2.75) is 19.5 Å². The van der Waals surface area contributed by atoms with E-state index in [9.17, 15) is 40.3 Å². The van der Waals surface area contributed by atoms with E-state index in [0.29, 0.717) is 12.1 Å². The third-order valence-electron chi connectivity index (χ3n) is 4.78. The first-order valence-electron chi connectivity index (χ1n) is 10.1. The van der Waals surface area contributed by atoms with Crippen LogP contribution in [0.15, 0.2) is 36.7 Å². The molecule has 9 nitrogen and oxygen atoms in total. The summed E-state index contributed by atoms with van der Waals surface area (Å²) in [5.74, 6) is -7.28. The van der Waals surface area contributed by atoms with E-state index in [0.717, 1.165) is 38.6 Å². The van der Waals surface area contributed by atoms with Crippen molar-refractivity contribution in [1.82, 2.24) is 9.97 Å². The van der Waals surface area contributed by atoms with Gasteiger partial charge in [-0.1, -0.05) is 0 Å². The Labute approximate surface area is 208 Å². The van der Waals surface area contributed by atoms with Gasteiger partial charge >= 0.3 is 12.5 Å². The number of alkyl halides is 6. The maximum atomic E-state index is 14.6. The summed E-state index contributed by atoms with van der Waals surface area (Å²) in [4.78, 5) is 31.5. The van der Waals surface area contributed by atoms with Crippen molar-refractivity contribution in [3.8, 4) is 23.0 Å². The Balaban J connectivity index is 2.07. The number of nitrogens with zero attached hydrogens (tertiary/aromatic N) is 2. The van der Waals surface area contributed by atoms with Gasteiger partial charge in [-0.3, -0.25) is 9.59 Å². The van der Waals surface area contributed by atoms with Crippen LogP contribution < -0.4 is 25.3 Å². The van der Waals surface area contributed by atoms with Crippen LogP contribution in [0.1, 0.15) is 32.0 Å². The zero-order valence-electron chi connectivity index (χ0n) is 19.1. The third kappa shape index (κ3) is 6.19. The van der Waals surface area contributed by atoms with Crippen LogP contribution in [-0.2, 0) is 6.18 Å². The fraction of sp³-hybridized carbons (Fsp3) is 0.182. The number of amides is 2. The Morgan fingerprint density at radius 1 is 0.947 bits per heavy atom. The number of carbonyl (C=O) groups is 2. The zero-order chi connectivity index (χ0) is 28.4. The van der Waals surface area contributed by atoms with E-state index >= 15 is 0 Å². The van der Waals surface area contributed by atoms with E-state index in [1.165, 1.54) is 0 Å². The Hall–Kier alpha value is -4.63. The molecule has 0 unspecified atom stereocenters. The van der Waals surface area contributed by atoms with E-state index in [4.69, 9.17) is 15.2 Å². The highest BCUT2D eigenvalue weighted by atomic mass is 19.4. The van der Waals surface area contributed by atoms with Crippen LogP contribution in [0.2, 0.25) is 0 Å². The van der Waals surface area contributed by atoms with Gasteiger partial charge in [-0.05, 0) is 36.8 Å². The standard InChI is InChI=1S/C22H15F7N4O5/c1-9-10(21(24,25)26)3-4-12(16(9)20(35)33-15-8-31-11(7-32-15)19(30)34)37-14-6-5-13(38-22(27,28)29)17(23)18(14)36-2/h3-8H,1-2H3,(H2,30,34)(H,32,33,35). The lowest BCUT2D eigenvalue weighted by atomic mass is 10.00. The number of hydrogen-bond acceptors (Lipinski definition) is 7. The van der Waals surface area contributed by atoms with E-state index in [1.807, 2.05) is 0 Å². The van der Waals surface area contributed by atoms with Gasteiger partial charge < -0.3 is 25.3 Å². The Morgan fingerprint density at radius 3 is 2.11 bits per heavy atom. The summed E-state index contributed by atoms with van der Waals surface area (Å²) in [5, 5.41) is 2.18. The first-order chi connectivity index (χ1) is 17.6. The monoisotopic (exact) mass is 548 g/mol. The predicted octanol–water partition coefficient (Wildman–Crippen LogP) is 4.99. The molecular formula is C22H15F7N4O5. The summed E-state index contributed by atoms with van der Waals surface area (Å²) in [6.45, 7) is 0.963. The summed E-state index contributed by atoms with van der Waals surface area (Å²) in [6, 6.07) is 2.69. The molecule has 0 spiro atoms. The smallest absolute Gasteiger partial charge is 0.490 e. The molecule has 2 aromatic carbocycles. The molecule has 0 aliphatic rings. The molecule has 202 valence electrons. The quantitative estimate of drug-likeness (QED) is 0.399. The van der Waals surface area contributed by atoms with Crippen LogP contribution in [0.5, 0.6) is 23.0 Å². The second-order valence-corrected chi connectivity index (χ2v) is 7.27. The van der Waals surface area contributed by atoms with Gasteiger partial charge in [0, 0.05) is 0 Å². The molecule has 38 heavy (non-hydrogen) atoms. The number of aromatic nitrogens is 2. The number of nitrogens with two attached hydrogens (primary N) is 1. The van der Waals surface area contributed by atoms with Gasteiger partial charge in [-0.25, -0.2) is 9.97 Å². The molecule has 16 heteroatoms. The second kappa shape index (κ2) is 10.4. The molecule has 0 aliphatic carbocycles. The van der Waals surface area contributed by atoms with Crippen LogP contribution in [0.4, 0.5) is 36.6 Å². The molecule has 1 aromatic heterocycles. The predicted molar refractivity (Wildman–Crippen MR) is 114 cm³/mol.